The molecule has 128 valence electrons. The second-order valence-corrected chi connectivity index (χ2v) is 6.31. The minimum Gasteiger partial charge on any atom is -0.494 e. The number of rotatable bonds is 6. The minimum absolute atomic E-state index is 0.388. The molecule has 0 radical (unpaired) electrons. The molecule has 2 amide bonds. The largest absolute Gasteiger partial charge is 0.494 e. The van der Waals surface area contributed by atoms with E-state index in [0.717, 1.165) is 22.7 Å². The number of hydrogen-bond acceptors (Lipinski definition) is 4. The van der Waals surface area contributed by atoms with Gasteiger partial charge in [-0.15, -0.1) is 0 Å². The highest BCUT2D eigenvalue weighted by Gasteiger charge is 2.35. The predicted molar refractivity (Wildman–Crippen MR) is 95.9 cm³/mol. The van der Waals surface area contributed by atoms with Crippen LogP contribution in [0, 0.1) is 5.92 Å². The van der Waals surface area contributed by atoms with E-state index in [4.69, 9.17) is 4.74 Å². The van der Waals surface area contributed by atoms with Crippen molar-refractivity contribution in [3.63, 3.8) is 0 Å². The molecule has 0 unspecified atom stereocenters. The summed E-state index contributed by atoms with van der Waals surface area (Å²) in [6.07, 6.45) is 2.50. The first-order chi connectivity index (χ1) is 12.1. The summed E-state index contributed by atoms with van der Waals surface area (Å²) >= 11 is 0. The van der Waals surface area contributed by atoms with Crippen molar-refractivity contribution in [2.45, 2.75) is 20.3 Å². The zero-order valence-corrected chi connectivity index (χ0v) is 14.3. The monoisotopic (exact) mass is 336 g/mol. The number of carbonyl (C=O) groups is 2. The normalized spacial score (nSPS) is 13.8. The number of fused-ring (bicyclic) bond motifs is 1. The summed E-state index contributed by atoms with van der Waals surface area (Å²) in [5.41, 5.74) is 1.56. The van der Waals surface area contributed by atoms with E-state index in [-0.39, 0.29) is 0 Å². The van der Waals surface area contributed by atoms with Crippen molar-refractivity contribution in [2.75, 3.05) is 6.61 Å². The molecule has 3 rings (SSSR count). The molecular weight excluding hydrogens is 316 g/mol. The van der Waals surface area contributed by atoms with E-state index in [9.17, 15) is 9.59 Å². The van der Waals surface area contributed by atoms with E-state index in [1.165, 1.54) is 6.21 Å². The van der Waals surface area contributed by atoms with Crippen LogP contribution in [0.1, 0.15) is 46.5 Å². The van der Waals surface area contributed by atoms with Gasteiger partial charge in [-0.25, -0.2) is 0 Å². The molecule has 0 bridgehead atoms. The highest BCUT2D eigenvalue weighted by atomic mass is 16.5. The molecular formula is C20H20N2O3. The smallest absolute Gasteiger partial charge is 0.282 e. The third-order valence-electron chi connectivity index (χ3n) is 3.94. The molecule has 25 heavy (non-hydrogen) atoms. The molecule has 0 aliphatic carbocycles. The van der Waals surface area contributed by atoms with E-state index in [1.807, 2.05) is 24.3 Å². The molecule has 5 heteroatoms. The fraction of sp³-hybridized carbons (Fsp3) is 0.250. The maximum Gasteiger partial charge on any atom is 0.282 e. The van der Waals surface area contributed by atoms with Crippen LogP contribution >= 0.6 is 0 Å². The van der Waals surface area contributed by atoms with Crippen molar-refractivity contribution in [3.05, 3.63) is 65.2 Å². The van der Waals surface area contributed by atoms with Crippen LogP contribution < -0.4 is 4.74 Å². The number of hydrazone groups is 1. The number of ether oxygens (including phenoxy) is 1. The van der Waals surface area contributed by atoms with E-state index in [1.54, 1.807) is 24.3 Å². The van der Waals surface area contributed by atoms with Crippen LogP contribution in [-0.2, 0) is 0 Å². The summed E-state index contributed by atoms with van der Waals surface area (Å²) in [6, 6.07) is 14.1. The molecule has 0 aromatic heterocycles. The standard InChI is InChI=1S/C20H20N2O3/c1-14(2)11-12-25-16-9-7-15(8-10-16)13-21-22-19(23)17-5-3-4-6-18(17)20(22)24/h3-10,13-14H,11-12H2,1-2H3/b21-13-. The lowest BCUT2D eigenvalue weighted by Gasteiger charge is -2.08. The summed E-state index contributed by atoms with van der Waals surface area (Å²) in [4.78, 5) is 24.5. The Balaban J connectivity index is 1.65. The average molecular weight is 336 g/mol. The van der Waals surface area contributed by atoms with Gasteiger partial charge in [-0.1, -0.05) is 26.0 Å². The maximum atomic E-state index is 12.2. The number of hydrogen-bond donors (Lipinski definition) is 0. The van der Waals surface area contributed by atoms with Gasteiger partial charge >= 0.3 is 0 Å². The predicted octanol–water partition coefficient (Wildman–Crippen LogP) is 3.74. The third-order valence-corrected chi connectivity index (χ3v) is 3.94. The number of carbonyl (C=O) groups excluding carboxylic acids is 2. The lowest BCUT2D eigenvalue weighted by atomic mass is 10.1. The molecule has 0 spiro atoms. The molecule has 0 saturated carbocycles. The van der Waals surface area contributed by atoms with Crippen molar-refractivity contribution < 1.29 is 14.3 Å². The number of amides is 2. The second kappa shape index (κ2) is 7.30. The highest BCUT2D eigenvalue weighted by Crippen LogP contribution is 2.22. The first kappa shape index (κ1) is 16.9. The second-order valence-electron chi connectivity index (χ2n) is 6.31. The molecule has 1 heterocycles. The Bertz CT molecular complexity index is 775. The SMILES string of the molecule is CC(C)CCOc1ccc(/C=N\N2C(=O)c3ccccc3C2=O)cc1. The third kappa shape index (κ3) is 3.76. The van der Waals surface area contributed by atoms with Gasteiger partial charge in [0.25, 0.3) is 11.8 Å². The molecule has 1 aliphatic heterocycles. The number of benzene rings is 2. The molecule has 5 nitrogen and oxygen atoms in total. The van der Waals surface area contributed by atoms with Gasteiger partial charge in [0.2, 0.25) is 0 Å². The topological polar surface area (TPSA) is 59.0 Å². The van der Waals surface area contributed by atoms with E-state index >= 15 is 0 Å². The van der Waals surface area contributed by atoms with Gasteiger partial charge in [-0.2, -0.15) is 10.1 Å². The molecule has 0 N–H and O–H groups in total. The van der Waals surface area contributed by atoms with Gasteiger partial charge in [-0.05, 0) is 54.3 Å². The summed E-state index contributed by atoms with van der Waals surface area (Å²) in [5.74, 6) is 0.598. The summed E-state index contributed by atoms with van der Waals surface area (Å²) in [5, 5.41) is 4.95. The van der Waals surface area contributed by atoms with Crippen molar-refractivity contribution in [1.82, 2.24) is 5.01 Å². The van der Waals surface area contributed by atoms with Gasteiger partial charge in [0.1, 0.15) is 5.75 Å². The van der Waals surface area contributed by atoms with Gasteiger partial charge in [0.05, 0.1) is 23.9 Å². The van der Waals surface area contributed by atoms with Crippen LogP contribution in [0.2, 0.25) is 0 Å². The first-order valence-corrected chi connectivity index (χ1v) is 8.31. The fourth-order valence-corrected chi connectivity index (χ4v) is 2.47. The highest BCUT2D eigenvalue weighted by molar-refractivity contribution is 6.21. The molecule has 0 saturated heterocycles. The van der Waals surface area contributed by atoms with Crippen molar-refractivity contribution >= 4 is 18.0 Å². The fourth-order valence-electron chi connectivity index (χ4n) is 2.47. The zero-order chi connectivity index (χ0) is 17.8. The summed E-state index contributed by atoms with van der Waals surface area (Å²) in [7, 11) is 0. The number of nitrogens with zero attached hydrogens (tertiary/aromatic N) is 2. The molecule has 2 aromatic carbocycles. The van der Waals surface area contributed by atoms with Crippen LogP contribution in [0.5, 0.6) is 5.75 Å². The molecule has 0 atom stereocenters. The van der Waals surface area contributed by atoms with Crippen LogP contribution in [0.4, 0.5) is 0 Å². The van der Waals surface area contributed by atoms with E-state index in [0.29, 0.717) is 23.7 Å². The van der Waals surface area contributed by atoms with E-state index in [2.05, 4.69) is 18.9 Å². The quantitative estimate of drug-likeness (QED) is 0.596. The summed E-state index contributed by atoms with van der Waals surface area (Å²) in [6.45, 7) is 4.99. The van der Waals surface area contributed by atoms with Crippen LogP contribution in [0.15, 0.2) is 53.6 Å². The van der Waals surface area contributed by atoms with Crippen LogP contribution in [-0.4, -0.2) is 29.6 Å². The molecule has 2 aromatic rings. The van der Waals surface area contributed by atoms with Gasteiger partial charge in [-0.3, -0.25) is 9.59 Å². The van der Waals surface area contributed by atoms with E-state index < -0.39 is 11.8 Å². The van der Waals surface area contributed by atoms with Crippen molar-refractivity contribution in [1.29, 1.82) is 0 Å². The molecule has 1 aliphatic rings. The lowest BCUT2D eigenvalue weighted by molar-refractivity contribution is 0.0660. The Hall–Kier alpha value is -2.95. The Morgan fingerprint density at radius 3 is 2.16 bits per heavy atom. The van der Waals surface area contributed by atoms with Gasteiger partial charge in [0, 0.05) is 0 Å². The molecule has 0 fully saturated rings. The Labute approximate surface area is 146 Å². The number of imide groups is 1. The van der Waals surface area contributed by atoms with Crippen molar-refractivity contribution in [2.24, 2.45) is 11.0 Å². The van der Waals surface area contributed by atoms with Crippen molar-refractivity contribution in [3.8, 4) is 5.75 Å². The average Bonchev–Trinajstić information content (AvgIpc) is 2.85. The maximum absolute atomic E-state index is 12.2. The van der Waals surface area contributed by atoms with Crippen LogP contribution in [0.3, 0.4) is 0 Å². The zero-order valence-electron chi connectivity index (χ0n) is 14.3. The van der Waals surface area contributed by atoms with Crippen LogP contribution in [0.25, 0.3) is 0 Å². The lowest BCUT2D eigenvalue weighted by Crippen LogP contribution is -2.23. The Kier molecular flexibility index (Phi) is 4.93. The first-order valence-electron chi connectivity index (χ1n) is 8.31. The van der Waals surface area contributed by atoms with Gasteiger partial charge < -0.3 is 4.74 Å². The summed E-state index contributed by atoms with van der Waals surface area (Å²) < 4.78 is 5.66. The van der Waals surface area contributed by atoms with Gasteiger partial charge in [0.15, 0.2) is 0 Å². The Morgan fingerprint density at radius 2 is 1.60 bits per heavy atom. The minimum atomic E-state index is -0.398. The Morgan fingerprint density at radius 1 is 1.00 bits per heavy atom.